The van der Waals surface area contributed by atoms with Crippen LogP contribution in [0.2, 0.25) is 5.02 Å². The molecule has 0 radical (unpaired) electrons. The van der Waals surface area contributed by atoms with Gasteiger partial charge < -0.3 is 20.9 Å². The molecule has 1 heterocycles. The number of para-hydroxylation sites is 1. The molecule has 28 heavy (non-hydrogen) atoms. The van der Waals surface area contributed by atoms with Gasteiger partial charge in [0.2, 0.25) is 12.1 Å². The molecule has 0 unspecified atom stereocenters. The highest BCUT2D eigenvalue weighted by Gasteiger charge is 2.12. The molecule has 0 amide bonds. The standard InChI is InChI=1S/C18H17ClN6O3/c1-26-14-7-6-11(9-22-23-17(20)16-18(21)25-28-24-16)8-12(14)10-27-15-5-3-2-4-13(15)19/h2-9H,10H2,1H3,(H2,20,23)(H2,21,25)/p+1/b22-9-. The molecule has 10 heteroatoms. The second-order valence-corrected chi connectivity index (χ2v) is 5.97. The van der Waals surface area contributed by atoms with Crippen molar-refractivity contribution in [3.63, 3.8) is 0 Å². The van der Waals surface area contributed by atoms with Gasteiger partial charge in [-0.25, -0.2) is 4.63 Å². The second kappa shape index (κ2) is 8.87. The smallest absolute Gasteiger partial charge is 0.224 e. The van der Waals surface area contributed by atoms with Crippen LogP contribution in [0.1, 0.15) is 16.8 Å². The van der Waals surface area contributed by atoms with E-state index < -0.39 is 0 Å². The van der Waals surface area contributed by atoms with Crippen molar-refractivity contribution in [3.05, 3.63) is 64.3 Å². The minimum absolute atomic E-state index is 0.0470. The summed E-state index contributed by atoms with van der Waals surface area (Å²) >= 11 is 6.12. The van der Waals surface area contributed by atoms with E-state index >= 15 is 0 Å². The average molecular weight is 402 g/mol. The minimum atomic E-state index is 0.0470. The van der Waals surface area contributed by atoms with Crippen LogP contribution in [0.15, 0.2) is 52.2 Å². The Balaban J connectivity index is 1.75. The lowest BCUT2D eigenvalue weighted by Crippen LogP contribution is -2.63. The quantitative estimate of drug-likeness (QED) is 0.301. The van der Waals surface area contributed by atoms with Crippen LogP contribution in [0.5, 0.6) is 11.5 Å². The zero-order valence-corrected chi connectivity index (χ0v) is 15.7. The predicted octanol–water partition coefficient (Wildman–Crippen LogP) is 0.713. The number of anilines is 1. The molecule has 3 rings (SSSR count). The molecule has 0 saturated carbocycles. The van der Waals surface area contributed by atoms with Gasteiger partial charge in [-0.05, 0) is 40.6 Å². The fourth-order valence-corrected chi connectivity index (χ4v) is 2.51. The molecule has 0 aliphatic rings. The third-order valence-corrected chi connectivity index (χ3v) is 4.01. The van der Waals surface area contributed by atoms with Crippen molar-refractivity contribution >= 4 is 29.5 Å². The van der Waals surface area contributed by atoms with Crippen molar-refractivity contribution in [1.82, 2.24) is 10.3 Å². The molecule has 0 saturated heterocycles. The fraction of sp³-hybridized carbons (Fsp3) is 0.111. The van der Waals surface area contributed by atoms with E-state index in [4.69, 9.17) is 32.5 Å². The maximum absolute atomic E-state index is 6.12. The summed E-state index contributed by atoms with van der Waals surface area (Å²) in [5.74, 6) is 1.39. The first kappa shape index (κ1) is 19.2. The van der Waals surface area contributed by atoms with Gasteiger partial charge >= 0.3 is 0 Å². The maximum Gasteiger partial charge on any atom is 0.224 e. The number of hydrazone groups is 1. The lowest BCUT2D eigenvalue weighted by molar-refractivity contribution is -0.456. The summed E-state index contributed by atoms with van der Waals surface area (Å²) in [6.07, 6.45) is 1.65. The molecule has 0 fully saturated rings. The summed E-state index contributed by atoms with van der Waals surface area (Å²) in [7, 11) is 1.59. The van der Waals surface area contributed by atoms with E-state index in [1.807, 2.05) is 30.3 Å². The van der Waals surface area contributed by atoms with Crippen LogP contribution in [-0.4, -0.2) is 29.5 Å². The van der Waals surface area contributed by atoms with Crippen molar-refractivity contribution in [2.24, 2.45) is 10.8 Å². The van der Waals surface area contributed by atoms with Crippen LogP contribution in [0.4, 0.5) is 5.82 Å². The topological polar surface area (TPSA) is 136 Å². The Morgan fingerprint density at radius 1 is 1.25 bits per heavy atom. The number of nitrogens with two attached hydrogens (primary N) is 2. The first-order chi connectivity index (χ1) is 13.6. The van der Waals surface area contributed by atoms with Crippen LogP contribution >= 0.6 is 11.6 Å². The van der Waals surface area contributed by atoms with Crippen LogP contribution in [0.25, 0.3) is 0 Å². The Morgan fingerprint density at radius 2 is 2.07 bits per heavy atom. The molecule has 0 spiro atoms. The van der Waals surface area contributed by atoms with E-state index in [0.717, 1.165) is 11.1 Å². The lowest BCUT2D eigenvalue weighted by Gasteiger charge is -2.11. The highest BCUT2D eigenvalue weighted by Crippen LogP contribution is 2.26. The molecule has 3 aromatic rings. The third-order valence-electron chi connectivity index (χ3n) is 3.70. The molecule has 2 aromatic carbocycles. The molecule has 9 nitrogen and oxygen atoms in total. The molecule has 0 bridgehead atoms. The minimum Gasteiger partial charge on any atom is -0.496 e. The highest BCUT2D eigenvalue weighted by atomic mass is 35.5. The Morgan fingerprint density at radius 3 is 2.79 bits per heavy atom. The number of ether oxygens (including phenoxy) is 2. The lowest BCUT2D eigenvalue weighted by atomic mass is 10.1. The molecule has 0 aliphatic carbocycles. The van der Waals surface area contributed by atoms with Gasteiger partial charge in [0.1, 0.15) is 18.1 Å². The monoisotopic (exact) mass is 401 g/mol. The van der Waals surface area contributed by atoms with Crippen LogP contribution in [0.3, 0.4) is 0 Å². The van der Waals surface area contributed by atoms with Crippen molar-refractivity contribution < 1.29 is 19.2 Å². The molecular weight excluding hydrogens is 384 g/mol. The van der Waals surface area contributed by atoms with Crippen LogP contribution < -0.4 is 26.0 Å². The number of methoxy groups -OCH3 is 1. The van der Waals surface area contributed by atoms with Gasteiger partial charge in [0.05, 0.1) is 12.1 Å². The highest BCUT2D eigenvalue weighted by molar-refractivity contribution is 6.32. The van der Waals surface area contributed by atoms with Gasteiger partial charge in [-0.15, -0.1) is 5.10 Å². The molecule has 5 N–H and O–H groups in total. The van der Waals surface area contributed by atoms with E-state index in [0.29, 0.717) is 16.5 Å². The molecular formula is C18H18ClN6O3+. The first-order valence-electron chi connectivity index (χ1n) is 8.13. The first-order valence-corrected chi connectivity index (χ1v) is 8.51. The fourth-order valence-electron chi connectivity index (χ4n) is 2.32. The second-order valence-electron chi connectivity index (χ2n) is 5.56. The van der Waals surface area contributed by atoms with Gasteiger partial charge in [0.25, 0.3) is 0 Å². The molecule has 1 aromatic heterocycles. The third kappa shape index (κ3) is 4.57. The Kier molecular flexibility index (Phi) is 6.07. The SMILES string of the molecule is COc1ccc(/C=[NH+]\N=C(N)c2nonc2N)cc1COc1ccccc1Cl. The van der Waals surface area contributed by atoms with Gasteiger partial charge in [-0.1, -0.05) is 23.7 Å². The van der Waals surface area contributed by atoms with E-state index in [2.05, 4.69) is 25.1 Å². The normalized spacial score (nSPS) is 11.7. The Hall–Kier alpha value is -3.59. The Labute approximate surface area is 165 Å². The van der Waals surface area contributed by atoms with Crippen molar-refractivity contribution in [1.29, 1.82) is 0 Å². The van der Waals surface area contributed by atoms with Gasteiger partial charge in [-0.2, -0.15) is 0 Å². The van der Waals surface area contributed by atoms with E-state index in [1.165, 1.54) is 0 Å². The van der Waals surface area contributed by atoms with Gasteiger partial charge in [-0.3, -0.25) is 0 Å². The van der Waals surface area contributed by atoms with E-state index in [-0.39, 0.29) is 24.0 Å². The number of aromatic nitrogens is 2. The molecule has 144 valence electrons. The number of nitrogens with zero attached hydrogens (tertiary/aromatic N) is 3. The number of hydrogen-bond donors (Lipinski definition) is 3. The van der Waals surface area contributed by atoms with Crippen molar-refractivity contribution in [2.75, 3.05) is 12.8 Å². The number of hydrogen-bond acceptors (Lipinski definition) is 7. The summed E-state index contributed by atoms with van der Waals surface area (Å²) in [6.45, 7) is 0.279. The van der Waals surface area contributed by atoms with E-state index in [1.54, 1.807) is 25.5 Å². The number of halogens is 1. The number of amidine groups is 1. The van der Waals surface area contributed by atoms with Crippen LogP contribution in [-0.2, 0) is 6.61 Å². The maximum atomic E-state index is 6.12. The van der Waals surface area contributed by atoms with E-state index in [9.17, 15) is 0 Å². The van der Waals surface area contributed by atoms with Crippen molar-refractivity contribution in [3.8, 4) is 11.5 Å². The number of nitrogen functional groups attached to an aromatic ring is 1. The van der Waals surface area contributed by atoms with Crippen LogP contribution in [0, 0.1) is 0 Å². The summed E-state index contributed by atoms with van der Waals surface area (Å²) in [5.41, 5.74) is 13.2. The van der Waals surface area contributed by atoms with Crippen molar-refractivity contribution in [2.45, 2.75) is 6.61 Å². The summed E-state index contributed by atoms with van der Waals surface area (Å²) in [4.78, 5) is 0. The molecule has 0 aliphatic heterocycles. The largest absolute Gasteiger partial charge is 0.496 e. The zero-order valence-electron chi connectivity index (χ0n) is 14.9. The number of rotatable bonds is 7. The Bertz CT molecular complexity index is 1020. The number of nitrogens with one attached hydrogen (secondary N) is 1. The van der Waals surface area contributed by atoms with Gasteiger partial charge in [0.15, 0.2) is 11.5 Å². The summed E-state index contributed by atoms with van der Waals surface area (Å²) < 4.78 is 15.7. The molecule has 0 atom stereocenters. The predicted molar refractivity (Wildman–Crippen MR) is 104 cm³/mol. The summed E-state index contributed by atoms with van der Waals surface area (Å²) in [6, 6.07) is 12.8. The number of benzene rings is 2. The average Bonchev–Trinajstić information content (AvgIpc) is 3.13. The zero-order chi connectivity index (χ0) is 19.9. The van der Waals surface area contributed by atoms with Gasteiger partial charge in [0, 0.05) is 16.2 Å². The summed E-state index contributed by atoms with van der Waals surface area (Å²) in [5, 5.41) is 14.3.